The molecule has 2 heterocycles. The Bertz CT molecular complexity index is 870. The molecule has 7 heteroatoms. The maximum Gasteiger partial charge on any atom is 0.255 e. The molecule has 0 spiro atoms. The van der Waals surface area contributed by atoms with Crippen LogP contribution in [0.2, 0.25) is 0 Å². The summed E-state index contributed by atoms with van der Waals surface area (Å²) in [4.78, 5) is 31.6. The van der Waals surface area contributed by atoms with E-state index in [9.17, 15) is 9.59 Å². The van der Waals surface area contributed by atoms with Crippen LogP contribution < -0.4 is 20.5 Å². The maximum atomic E-state index is 12.6. The molecule has 7 nitrogen and oxygen atoms in total. The fourth-order valence-electron chi connectivity index (χ4n) is 3.17. The molecule has 0 aliphatic carbocycles. The highest BCUT2D eigenvalue weighted by Gasteiger charge is 2.20. The number of aromatic nitrogens is 2. The first kappa shape index (κ1) is 18.0. The van der Waals surface area contributed by atoms with Crippen molar-refractivity contribution in [2.45, 2.75) is 33.2 Å². The molecular weight excluding hydrogens is 332 g/mol. The SMILES string of the molecule is COc1ccc(C)cc1NC(=O)Cn1c(N2CCCC2)nc(C)cc1=O. The molecule has 1 aliphatic heterocycles. The van der Waals surface area contributed by atoms with Crippen LogP contribution in [0, 0.1) is 13.8 Å². The molecule has 0 radical (unpaired) electrons. The summed E-state index contributed by atoms with van der Waals surface area (Å²) in [6.07, 6.45) is 2.13. The Balaban J connectivity index is 1.86. The van der Waals surface area contributed by atoms with Crippen molar-refractivity contribution in [1.82, 2.24) is 9.55 Å². The number of aryl methyl sites for hydroxylation is 2. The van der Waals surface area contributed by atoms with Crippen LogP contribution in [0.4, 0.5) is 11.6 Å². The summed E-state index contributed by atoms with van der Waals surface area (Å²) >= 11 is 0. The molecule has 2 aromatic rings. The fraction of sp³-hybridized carbons (Fsp3) is 0.421. The number of amides is 1. The Morgan fingerprint density at radius 3 is 2.65 bits per heavy atom. The summed E-state index contributed by atoms with van der Waals surface area (Å²) in [6, 6.07) is 7.02. The molecule has 1 N–H and O–H groups in total. The summed E-state index contributed by atoms with van der Waals surface area (Å²) in [5, 5.41) is 2.84. The first-order valence-electron chi connectivity index (χ1n) is 8.76. The number of hydrogen-bond acceptors (Lipinski definition) is 5. The average Bonchev–Trinajstić information content (AvgIpc) is 3.11. The zero-order valence-corrected chi connectivity index (χ0v) is 15.4. The van der Waals surface area contributed by atoms with Gasteiger partial charge in [-0.3, -0.25) is 14.2 Å². The van der Waals surface area contributed by atoms with Gasteiger partial charge in [-0.2, -0.15) is 0 Å². The first-order valence-corrected chi connectivity index (χ1v) is 8.76. The minimum atomic E-state index is -0.290. The van der Waals surface area contributed by atoms with E-state index in [2.05, 4.69) is 15.2 Å². The van der Waals surface area contributed by atoms with E-state index in [1.165, 1.54) is 10.6 Å². The van der Waals surface area contributed by atoms with Gasteiger partial charge in [-0.05, 0) is 44.4 Å². The summed E-state index contributed by atoms with van der Waals surface area (Å²) in [7, 11) is 1.56. The van der Waals surface area contributed by atoms with Crippen LogP contribution in [0.25, 0.3) is 0 Å². The second-order valence-corrected chi connectivity index (χ2v) is 6.57. The topological polar surface area (TPSA) is 76.5 Å². The van der Waals surface area contributed by atoms with Gasteiger partial charge in [0.25, 0.3) is 5.56 Å². The summed E-state index contributed by atoms with van der Waals surface area (Å²) in [5.74, 6) is 0.860. The van der Waals surface area contributed by atoms with Crippen LogP contribution >= 0.6 is 0 Å². The molecule has 1 aliphatic rings. The highest BCUT2D eigenvalue weighted by atomic mass is 16.5. The Morgan fingerprint density at radius 2 is 1.96 bits per heavy atom. The van der Waals surface area contributed by atoms with Crippen LogP contribution in [0.5, 0.6) is 5.75 Å². The quantitative estimate of drug-likeness (QED) is 0.888. The van der Waals surface area contributed by atoms with E-state index in [-0.39, 0.29) is 18.0 Å². The smallest absolute Gasteiger partial charge is 0.255 e. The zero-order chi connectivity index (χ0) is 18.7. The fourth-order valence-corrected chi connectivity index (χ4v) is 3.17. The third-order valence-corrected chi connectivity index (χ3v) is 4.44. The van der Waals surface area contributed by atoms with Crippen LogP contribution in [0.1, 0.15) is 24.1 Å². The van der Waals surface area contributed by atoms with Crippen LogP contribution in [0.15, 0.2) is 29.1 Å². The molecule has 3 rings (SSSR count). The number of methoxy groups -OCH3 is 1. The Labute approximate surface area is 152 Å². The van der Waals surface area contributed by atoms with Gasteiger partial charge in [-0.1, -0.05) is 6.07 Å². The normalized spacial score (nSPS) is 13.7. The van der Waals surface area contributed by atoms with E-state index in [4.69, 9.17) is 4.74 Å². The second-order valence-electron chi connectivity index (χ2n) is 6.57. The number of carbonyl (C=O) groups excluding carboxylic acids is 1. The van der Waals surface area contributed by atoms with Gasteiger partial charge in [0, 0.05) is 24.8 Å². The summed E-state index contributed by atoms with van der Waals surface area (Å²) in [5.41, 5.74) is 2.04. The highest BCUT2D eigenvalue weighted by Crippen LogP contribution is 2.25. The van der Waals surface area contributed by atoms with E-state index < -0.39 is 0 Å². The zero-order valence-electron chi connectivity index (χ0n) is 15.4. The summed E-state index contributed by atoms with van der Waals surface area (Å²) in [6.45, 7) is 5.35. The van der Waals surface area contributed by atoms with Gasteiger partial charge in [0.2, 0.25) is 11.9 Å². The number of rotatable bonds is 5. The lowest BCUT2D eigenvalue weighted by molar-refractivity contribution is -0.116. The third-order valence-electron chi connectivity index (χ3n) is 4.44. The molecule has 0 saturated carbocycles. The minimum absolute atomic E-state index is 0.0883. The third kappa shape index (κ3) is 3.87. The Hall–Kier alpha value is -2.83. The van der Waals surface area contributed by atoms with Crippen molar-refractivity contribution in [2.75, 3.05) is 30.4 Å². The van der Waals surface area contributed by atoms with E-state index in [0.29, 0.717) is 23.1 Å². The van der Waals surface area contributed by atoms with E-state index in [0.717, 1.165) is 31.5 Å². The molecule has 1 fully saturated rings. The number of benzene rings is 1. The lowest BCUT2D eigenvalue weighted by Crippen LogP contribution is -2.34. The Morgan fingerprint density at radius 1 is 1.23 bits per heavy atom. The van der Waals surface area contributed by atoms with Crippen molar-refractivity contribution in [3.8, 4) is 5.75 Å². The molecule has 1 amide bonds. The van der Waals surface area contributed by atoms with E-state index in [1.807, 2.05) is 19.1 Å². The van der Waals surface area contributed by atoms with Gasteiger partial charge >= 0.3 is 0 Å². The summed E-state index contributed by atoms with van der Waals surface area (Å²) < 4.78 is 6.73. The molecule has 138 valence electrons. The van der Waals surface area contributed by atoms with Gasteiger partial charge < -0.3 is 15.0 Å². The Kier molecular flexibility index (Phi) is 5.25. The highest BCUT2D eigenvalue weighted by molar-refractivity contribution is 5.92. The van der Waals surface area contributed by atoms with E-state index >= 15 is 0 Å². The average molecular weight is 356 g/mol. The monoisotopic (exact) mass is 356 g/mol. The number of ether oxygens (including phenoxy) is 1. The minimum Gasteiger partial charge on any atom is -0.495 e. The standard InChI is InChI=1S/C19H24N4O3/c1-13-6-7-16(26-3)15(10-13)21-17(24)12-23-18(25)11-14(2)20-19(23)22-8-4-5-9-22/h6-7,10-11H,4-5,8-9,12H2,1-3H3,(H,21,24). The van der Waals surface area contributed by atoms with Gasteiger partial charge in [0.15, 0.2) is 0 Å². The maximum absolute atomic E-state index is 12.6. The van der Waals surface area contributed by atoms with Crippen LogP contribution in [-0.4, -0.2) is 35.7 Å². The lowest BCUT2D eigenvalue weighted by atomic mass is 10.2. The van der Waals surface area contributed by atoms with Crippen molar-refractivity contribution >= 4 is 17.5 Å². The largest absolute Gasteiger partial charge is 0.495 e. The molecule has 0 bridgehead atoms. The van der Waals surface area contributed by atoms with Gasteiger partial charge in [0.1, 0.15) is 12.3 Å². The van der Waals surface area contributed by atoms with Crippen molar-refractivity contribution in [2.24, 2.45) is 0 Å². The molecule has 26 heavy (non-hydrogen) atoms. The second kappa shape index (κ2) is 7.59. The van der Waals surface area contributed by atoms with E-state index in [1.54, 1.807) is 20.1 Å². The van der Waals surface area contributed by atoms with Crippen molar-refractivity contribution in [3.63, 3.8) is 0 Å². The molecule has 1 saturated heterocycles. The number of nitrogens with zero attached hydrogens (tertiary/aromatic N) is 3. The predicted octanol–water partition coefficient (Wildman–Crippen LogP) is 2.11. The number of anilines is 2. The molecular formula is C19H24N4O3. The van der Waals surface area contributed by atoms with Crippen LogP contribution in [0.3, 0.4) is 0 Å². The molecule has 1 aromatic carbocycles. The number of nitrogens with one attached hydrogen (secondary N) is 1. The first-order chi connectivity index (χ1) is 12.5. The van der Waals surface area contributed by atoms with Crippen molar-refractivity contribution in [3.05, 3.63) is 45.9 Å². The lowest BCUT2D eigenvalue weighted by Gasteiger charge is -2.21. The molecule has 1 aromatic heterocycles. The number of carbonyl (C=O) groups is 1. The van der Waals surface area contributed by atoms with Crippen molar-refractivity contribution < 1.29 is 9.53 Å². The van der Waals surface area contributed by atoms with Gasteiger partial charge in [0.05, 0.1) is 12.8 Å². The molecule has 0 unspecified atom stereocenters. The van der Waals surface area contributed by atoms with Crippen LogP contribution in [-0.2, 0) is 11.3 Å². The van der Waals surface area contributed by atoms with Gasteiger partial charge in [-0.25, -0.2) is 4.98 Å². The molecule has 0 atom stereocenters. The predicted molar refractivity (Wildman–Crippen MR) is 101 cm³/mol. The van der Waals surface area contributed by atoms with Gasteiger partial charge in [-0.15, -0.1) is 0 Å². The van der Waals surface area contributed by atoms with Crippen molar-refractivity contribution in [1.29, 1.82) is 0 Å². The number of hydrogen-bond donors (Lipinski definition) is 1.